The van der Waals surface area contributed by atoms with Gasteiger partial charge in [0.25, 0.3) is 5.95 Å². The minimum atomic E-state index is -0.616. The summed E-state index contributed by atoms with van der Waals surface area (Å²) in [5, 5.41) is 0.604. The molecule has 82 valence electrons. The highest BCUT2D eigenvalue weighted by molar-refractivity contribution is 6.31. The van der Waals surface area contributed by atoms with Crippen LogP contribution in [-0.4, -0.2) is 4.98 Å². The molecule has 0 aliphatic rings. The van der Waals surface area contributed by atoms with E-state index < -0.39 is 5.95 Å². The third-order valence-electron chi connectivity index (χ3n) is 2.07. The number of halogens is 2. The fraction of sp³-hybridized carbons (Fsp3) is 0.0833. The van der Waals surface area contributed by atoms with Gasteiger partial charge in [0.1, 0.15) is 6.61 Å². The lowest BCUT2D eigenvalue weighted by molar-refractivity contribution is 0.286. The number of benzene rings is 1. The normalized spacial score (nSPS) is 10.1. The third-order valence-corrected chi connectivity index (χ3v) is 2.43. The van der Waals surface area contributed by atoms with Crippen LogP contribution >= 0.6 is 11.6 Å². The van der Waals surface area contributed by atoms with Crippen LogP contribution in [0.3, 0.4) is 0 Å². The van der Waals surface area contributed by atoms with Crippen molar-refractivity contribution in [3.05, 3.63) is 59.1 Å². The fourth-order valence-corrected chi connectivity index (χ4v) is 1.44. The highest BCUT2D eigenvalue weighted by atomic mass is 35.5. The van der Waals surface area contributed by atoms with Crippen molar-refractivity contribution in [2.24, 2.45) is 0 Å². The second-order valence-electron chi connectivity index (χ2n) is 3.17. The van der Waals surface area contributed by atoms with Gasteiger partial charge >= 0.3 is 0 Å². The van der Waals surface area contributed by atoms with E-state index in [0.717, 1.165) is 5.56 Å². The van der Waals surface area contributed by atoms with E-state index in [-0.39, 0.29) is 12.4 Å². The molecule has 0 aliphatic carbocycles. The maximum absolute atomic E-state index is 13.1. The standard InChI is InChI=1S/C12H9ClFNO/c13-10-5-2-1-4-9(10)8-16-11-6-3-7-15-12(11)14/h1-7H,8H2. The van der Waals surface area contributed by atoms with Crippen LogP contribution in [0.5, 0.6) is 5.75 Å². The van der Waals surface area contributed by atoms with Gasteiger partial charge in [-0.15, -0.1) is 0 Å². The van der Waals surface area contributed by atoms with Crippen molar-refractivity contribution in [1.29, 1.82) is 0 Å². The first-order valence-corrected chi connectivity index (χ1v) is 5.12. The summed E-state index contributed by atoms with van der Waals surface area (Å²) in [5.74, 6) is -0.489. The smallest absolute Gasteiger partial charge is 0.255 e. The molecule has 0 radical (unpaired) electrons. The van der Waals surface area contributed by atoms with Gasteiger partial charge in [-0.3, -0.25) is 0 Å². The molecule has 2 aromatic rings. The zero-order valence-corrected chi connectivity index (χ0v) is 9.12. The monoisotopic (exact) mass is 237 g/mol. The van der Waals surface area contributed by atoms with E-state index in [9.17, 15) is 4.39 Å². The number of nitrogens with zero attached hydrogens (tertiary/aromatic N) is 1. The second kappa shape index (κ2) is 4.94. The second-order valence-corrected chi connectivity index (χ2v) is 3.58. The molecular weight excluding hydrogens is 229 g/mol. The number of rotatable bonds is 3. The lowest BCUT2D eigenvalue weighted by atomic mass is 10.2. The highest BCUT2D eigenvalue weighted by Gasteiger charge is 2.04. The molecule has 2 rings (SSSR count). The summed E-state index contributed by atoms with van der Waals surface area (Å²) >= 11 is 5.94. The van der Waals surface area contributed by atoms with Gasteiger partial charge in [-0.1, -0.05) is 29.8 Å². The summed E-state index contributed by atoms with van der Waals surface area (Å²) < 4.78 is 18.4. The predicted octanol–water partition coefficient (Wildman–Crippen LogP) is 3.45. The molecule has 0 aliphatic heterocycles. The topological polar surface area (TPSA) is 22.1 Å². The van der Waals surface area contributed by atoms with E-state index >= 15 is 0 Å². The Labute approximate surface area is 97.7 Å². The minimum absolute atomic E-state index is 0.127. The van der Waals surface area contributed by atoms with Crippen LogP contribution in [0.15, 0.2) is 42.6 Å². The van der Waals surface area contributed by atoms with E-state index in [0.29, 0.717) is 5.02 Å². The zero-order valence-electron chi connectivity index (χ0n) is 8.36. The molecule has 0 atom stereocenters. The summed E-state index contributed by atoms with van der Waals surface area (Å²) in [6.45, 7) is 0.224. The van der Waals surface area contributed by atoms with Gasteiger partial charge in [0.05, 0.1) is 0 Å². The predicted molar refractivity (Wildman–Crippen MR) is 60.0 cm³/mol. The molecule has 4 heteroatoms. The first-order chi connectivity index (χ1) is 7.77. The van der Waals surface area contributed by atoms with E-state index in [2.05, 4.69) is 4.98 Å². The zero-order chi connectivity index (χ0) is 11.4. The summed E-state index contributed by atoms with van der Waals surface area (Å²) in [4.78, 5) is 3.49. The SMILES string of the molecule is Fc1ncccc1OCc1ccccc1Cl. The third kappa shape index (κ3) is 2.49. The van der Waals surface area contributed by atoms with Crippen LogP contribution in [0.2, 0.25) is 5.02 Å². The van der Waals surface area contributed by atoms with Crippen LogP contribution in [0.25, 0.3) is 0 Å². The number of hydrogen-bond donors (Lipinski definition) is 0. The molecule has 16 heavy (non-hydrogen) atoms. The highest BCUT2D eigenvalue weighted by Crippen LogP contribution is 2.19. The van der Waals surface area contributed by atoms with Gasteiger partial charge in [-0.05, 0) is 18.2 Å². The van der Waals surface area contributed by atoms with Crippen molar-refractivity contribution in [3.63, 3.8) is 0 Å². The van der Waals surface area contributed by atoms with Gasteiger partial charge in [0.2, 0.25) is 0 Å². The summed E-state index contributed by atoms with van der Waals surface area (Å²) in [5.41, 5.74) is 0.812. The number of hydrogen-bond acceptors (Lipinski definition) is 2. The molecule has 0 N–H and O–H groups in total. The van der Waals surface area contributed by atoms with Crippen molar-refractivity contribution in [3.8, 4) is 5.75 Å². The van der Waals surface area contributed by atoms with Gasteiger partial charge in [0.15, 0.2) is 5.75 Å². The van der Waals surface area contributed by atoms with Crippen LogP contribution in [0.1, 0.15) is 5.56 Å². The average Bonchev–Trinajstić information content (AvgIpc) is 2.30. The van der Waals surface area contributed by atoms with Crippen molar-refractivity contribution < 1.29 is 9.13 Å². The van der Waals surface area contributed by atoms with Crippen molar-refractivity contribution >= 4 is 11.6 Å². The molecule has 1 heterocycles. The Bertz CT molecular complexity index is 444. The largest absolute Gasteiger partial charge is 0.484 e. The molecule has 0 fully saturated rings. The minimum Gasteiger partial charge on any atom is -0.484 e. The summed E-state index contributed by atoms with van der Waals surface area (Å²) in [6, 6.07) is 10.4. The number of pyridine rings is 1. The Morgan fingerprint density at radius 3 is 2.75 bits per heavy atom. The molecule has 1 aromatic carbocycles. The number of aromatic nitrogens is 1. The van der Waals surface area contributed by atoms with Gasteiger partial charge in [-0.25, -0.2) is 4.98 Å². The van der Waals surface area contributed by atoms with E-state index in [1.54, 1.807) is 12.1 Å². The maximum Gasteiger partial charge on any atom is 0.255 e. The van der Waals surface area contributed by atoms with Gasteiger partial charge < -0.3 is 4.74 Å². The fourth-order valence-electron chi connectivity index (χ4n) is 1.25. The first kappa shape index (κ1) is 10.9. The lowest BCUT2D eigenvalue weighted by Gasteiger charge is -2.07. The molecule has 0 spiro atoms. The molecule has 0 saturated heterocycles. The van der Waals surface area contributed by atoms with Crippen LogP contribution < -0.4 is 4.74 Å². The van der Waals surface area contributed by atoms with Crippen molar-refractivity contribution in [1.82, 2.24) is 4.98 Å². The molecule has 1 aromatic heterocycles. The molecule has 0 bridgehead atoms. The van der Waals surface area contributed by atoms with Crippen LogP contribution in [-0.2, 0) is 6.61 Å². The van der Waals surface area contributed by atoms with Gasteiger partial charge in [-0.2, -0.15) is 4.39 Å². The van der Waals surface area contributed by atoms with E-state index in [1.165, 1.54) is 12.3 Å². The number of ether oxygens (including phenoxy) is 1. The summed E-state index contributed by atoms with van der Waals surface area (Å²) in [6.07, 6.45) is 1.37. The van der Waals surface area contributed by atoms with Gasteiger partial charge in [0, 0.05) is 16.8 Å². The van der Waals surface area contributed by atoms with Crippen molar-refractivity contribution in [2.75, 3.05) is 0 Å². The van der Waals surface area contributed by atoms with Crippen LogP contribution in [0.4, 0.5) is 4.39 Å². The Balaban J connectivity index is 2.09. The average molecular weight is 238 g/mol. The Morgan fingerprint density at radius 1 is 1.19 bits per heavy atom. The van der Waals surface area contributed by atoms with E-state index in [1.807, 2.05) is 18.2 Å². The molecule has 0 unspecified atom stereocenters. The van der Waals surface area contributed by atoms with Crippen molar-refractivity contribution in [2.45, 2.75) is 6.61 Å². The Morgan fingerprint density at radius 2 is 2.00 bits per heavy atom. The molecule has 2 nitrogen and oxygen atoms in total. The van der Waals surface area contributed by atoms with E-state index in [4.69, 9.17) is 16.3 Å². The molecule has 0 amide bonds. The molecular formula is C12H9ClFNO. The maximum atomic E-state index is 13.1. The quantitative estimate of drug-likeness (QED) is 0.763. The lowest BCUT2D eigenvalue weighted by Crippen LogP contribution is -1.98. The summed E-state index contributed by atoms with van der Waals surface area (Å²) in [7, 11) is 0. The Hall–Kier alpha value is -1.61. The Kier molecular flexibility index (Phi) is 3.37. The molecule has 0 saturated carbocycles. The van der Waals surface area contributed by atoms with Crippen LogP contribution in [0, 0.1) is 5.95 Å². The first-order valence-electron chi connectivity index (χ1n) is 4.74.